The van der Waals surface area contributed by atoms with Gasteiger partial charge in [0.25, 0.3) is 0 Å². The van der Waals surface area contributed by atoms with Crippen molar-refractivity contribution in [1.82, 2.24) is 14.6 Å². The number of aromatic nitrogens is 1. The van der Waals surface area contributed by atoms with E-state index in [-0.39, 0.29) is 5.41 Å². The molecule has 3 heterocycles. The summed E-state index contributed by atoms with van der Waals surface area (Å²) >= 11 is 0. The van der Waals surface area contributed by atoms with Gasteiger partial charge in [-0.2, -0.15) is 0 Å². The first-order valence-electron chi connectivity index (χ1n) is 7.64. The van der Waals surface area contributed by atoms with Gasteiger partial charge < -0.3 is 9.47 Å². The first-order valence-corrected chi connectivity index (χ1v) is 9.54. The van der Waals surface area contributed by atoms with Crippen molar-refractivity contribution in [2.75, 3.05) is 46.2 Å². The Balaban J connectivity index is 1.70. The molecular weight excluding hydrogens is 318 g/mol. The Morgan fingerprint density at radius 3 is 3.13 bits per heavy atom. The third-order valence-electron chi connectivity index (χ3n) is 4.72. The number of hydrogen-bond acceptors (Lipinski definition) is 6. The number of likely N-dealkylation sites (tertiary alicyclic amines) is 1. The van der Waals surface area contributed by atoms with Crippen LogP contribution in [0.4, 0.5) is 0 Å². The Morgan fingerprint density at radius 1 is 1.57 bits per heavy atom. The molecule has 0 radical (unpaired) electrons. The summed E-state index contributed by atoms with van der Waals surface area (Å²) in [7, 11) is -1.58. The van der Waals surface area contributed by atoms with Crippen LogP contribution in [0.3, 0.4) is 0 Å². The molecule has 2 saturated heterocycles. The fourth-order valence-corrected chi connectivity index (χ4v) is 4.11. The van der Waals surface area contributed by atoms with Crippen LogP contribution in [0, 0.1) is 11.3 Å². The Hall–Kier alpha value is -1.22. The molecule has 8 heteroatoms. The van der Waals surface area contributed by atoms with E-state index in [2.05, 4.69) is 14.6 Å². The fourth-order valence-electron chi connectivity index (χ4n) is 3.56. The van der Waals surface area contributed by atoms with Crippen LogP contribution in [-0.4, -0.2) is 64.5 Å². The Bertz CT molecular complexity index is 666. The van der Waals surface area contributed by atoms with Crippen LogP contribution in [0.2, 0.25) is 0 Å². The first-order chi connectivity index (χ1) is 10.9. The van der Waals surface area contributed by atoms with Gasteiger partial charge in [-0.15, -0.1) is 0 Å². The van der Waals surface area contributed by atoms with E-state index in [1.54, 1.807) is 13.3 Å². The summed E-state index contributed by atoms with van der Waals surface area (Å²) in [4.78, 5) is 6.56. The van der Waals surface area contributed by atoms with Crippen LogP contribution in [0.15, 0.2) is 18.3 Å². The molecular formula is C15H23N3O4S. The van der Waals surface area contributed by atoms with Crippen LogP contribution in [0.25, 0.3) is 0 Å². The maximum absolute atomic E-state index is 11.4. The molecule has 0 saturated carbocycles. The zero-order valence-electron chi connectivity index (χ0n) is 13.5. The van der Waals surface area contributed by atoms with Crippen LogP contribution in [0.1, 0.15) is 5.56 Å². The second kappa shape index (κ2) is 6.35. The Morgan fingerprint density at radius 2 is 2.39 bits per heavy atom. The lowest BCUT2D eigenvalue weighted by atomic mass is 9.81. The van der Waals surface area contributed by atoms with Gasteiger partial charge in [0.15, 0.2) is 0 Å². The number of hydrogen-bond donors (Lipinski definition) is 1. The van der Waals surface area contributed by atoms with Crippen molar-refractivity contribution in [3.8, 4) is 5.88 Å². The summed E-state index contributed by atoms with van der Waals surface area (Å²) in [5.41, 5.74) is 0.903. The van der Waals surface area contributed by atoms with E-state index < -0.39 is 10.0 Å². The van der Waals surface area contributed by atoms with E-state index in [9.17, 15) is 8.42 Å². The molecule has 0 spiro atoms. The van der Waals surface area contributed by atoms with Gasteiger partial charge in [-0.25, -0.2) is 18.1 Å². The zero-order chi connectivity index (χ0) is 16.5. The van der Waals surface area contributed by atoms with Crippen LogP contribution in [0.5, 0.6) is 5.88 Å². The minimum absolute atomic E-state index is 0.140. The highest BCUT2D eigenvalue weighted by atomic mass is 32.2. The molecule has 1 aromatic heterocycles. The molecule has 2 aliphatic rings. The number of pyridine rings is 1. The molecule has 2 aliphatic heterocycles. The average molecular weight is 341 g/mol. The normalized spacial score (nSPS) is 28.0. The fraction of sp³-hybridized carbons (Fsp3) is 0.667. The molecule has 3 rings (SSSR count). The number of nitrogens with zero attached hydrogens (tertiary/aromatic N) is 2. The van der Waals surface area contributed by atoms with Gasteiger partial charge in [0, 0.05) is 49.3 Å². The van der Waals surface area contributed by atoms with Gasteiger partial charge >= 0.3 is 0 Å². The summed E-state index contributed by atoms with van der Waals surface area (Å²) in [6.45, 7) is 4.15. The van der Waals surface area contributed by atoms with Crippen molar-refractivity contribution in [1.29, 1.82) is 0 Å². The first kappa shape index (κ1) is 16.6. The summed E-state index contributed by atoms with van der Waals surface area (Å²) in [5, 5.41) is 0. The zero-order valence-corrected chi connectivity index (χ0v) is 14.3. The summed E-state index contributed by atoms with van der Waals surface area (Å²) < 4.78 is 36.5. The summed E-state index contributed by atoms with van der Waals surface area (Å²) in [6.07, 6.45) is 2.91. The van der Waals surface area contributed by atoms with Crippen LogP contribution >= 0.6 is 0 Å². The molecule has 2 atom stereocenters. The number of rotatable bonds is 6. The Kier molecular flexibility index (Phi) is 4.59. The van der Waals surface area contributed by atoms with E-state index in [4.69, 9.17) is 9.47 Å². The van der Waals surface area contributed by atoms with Crippen molar-refractivity contribution in [2.24, 2.45) is 11.3 Å². The van der Waals surface area contributed by atoms with Crippen molar-refractivity contribution in [3.63, 3.8) is 0 Å². The number of fused-ring (bicyclic) bond motifs is 1. The number of ether oxygens (including phenoxy) is 2. The highest BCUT2D eigenvalue weighted by molar-refractivity contribution is 7.88. The maximum atomic E-state index is 11.4. The predicted molar refractivity (Wildman–Crippen MR) is 85.7 cm³/mol. The molecule has 0 aromatic carbocycles. The topological polar surface area (TPSA) is 80.8 Å². The quantitative estimate of drug-likeness (QED) is 0.790. The van der Waals surface area contributed by atoms with Crippen molar-refractivity contribution in [2.45, 2.75) is 6.54 Å². The molecule has 7 nitrogen and oxygen atoms in total. The summed E-state index contributed by atoms with van der Waals surface area (Å²) in [5.74, 6) is 0.989. The van der Waals surface area contributed by atoms with E-state index in [0.717, 1.165) is 25.2 Å². The van der Waals surface area contributed by atoms with Crippen molar-refractivity contribution >= 4 is 10.0 Å². The number of sulfonamides is 1. The number of nitrogens with one attached hydrogen (secondary N) is 1. The SMILES string of the molecule is COc1ncccc1CN1C[C@@H]2COC[C@]2(CNS(C)(=O)=O)C1. The second-order valence-corrected chi connectivity index (χ2v) is 8.34. The van der Waals surface area contributed by atoms with Gasteiger partial charge in [0.2, 0.25) is 15.9 Å². The smallest absolute Gasteiger partial charge is 0.217 e. The predicted octanol–water partition coefficient (Wildman–Crippen LogP) is 0.0878. The highest BCUT2D eigenvalue weighted by Gasteiger charge is 2.50. The Labute approximate surface area is 137 Å². The van der Waals surface area contributed by atoms with E-state index in [1.807, 2.05) is 12.1 Å². The molecule has 1 aromatic rings. The van der Waals surface area contributed by atoms with E-state index in [1.165, 1.54) is 6.26 Å². The van der Waals surface area contributed by atoms with Gasteiger partial charge in [-0.05, 0) is 6.07 Å². The second-order valence-electron chi connectivity index (χ2n) is 6.51. The van der Waals surface area contributed by atoms with Gasteiger partial charge in [-0.3, -0.25) is 4.90 Å². The third-order valence-corrected chi connectivity index (χ3v) is 5.38. The minimum Gasteiger partial charge on any atom is -0.481 e. The average Bonchev–Trinajstić information content (AvgIpc) is 3.02. The van der Waals surface area contributed by atoms with E-state index in [0.29, 0.717) is 31.6 Å². The van der Waals surface area contributed by atoms with Gasteiger partial charge in [-0.1, -0.05) is 6.07 Å². The monoisotopic (exact) mass is 341 g/mol. The molecule has 128 valence electrons. The highest BCUT2D eigenvalue weighted by Crippen LogP contribution is 2.41. The standard InChI is InChI=1S/C15H23N3O4S/c1-21-14-12(4-3-5-16-14)6-18-7-13-8-22-11-15(13,10-18)9-17-23(2,19)20/h3-5,13,17H,6-11H2,1-2H3/t13-,15+/m1/s1. The lowest BCUT2D eigenvalue weighted by molar-refractivity contribution is 0.128. The molecule has 0 aliphatic carbocycles. The van der Waals surface area contributed by atoms with Gasteiger partial charge in [0.1, 0.15) is 0 Å². The lowest BCUT2D eigenvalue weighted by Crippen LogP contribution is -2.42. The van der Waals surface area contributed by atoms with Crippen molar-refractivity contribution in [3.05, 3.63) is 23.9 Å². The van der Waals surface area contributed by atoms with Crippen LogP contribution in [-0.2, 0) is 21.3 Å². The minimum atomic E-state index is -3.20. The molecule has 0 unspecified atom stereocenters. The van der Waals surface area contributed by atoms with Gasteiger partial charge in [0.05, 0.1) is 26.6 Å². The van der Waals surface area contributed by atoms with Crippen LogP contribution < -0.4 is 9.46 Å². The maximum Gasteiger partial charge on any atom is 0.217 e. The van der Waals surface area contributed by atoms with E-state index >= 15 is 0 Å². The molecule has 2 fully saturated rings. The number of methoxy groups -OCH3 is 1. The lowest BCUT2D eigenvalue weighted by Gasteiger charge is -2.27. The molecule has 0 bridgehead atoms. The van der Waals surface area contributed by atoms with Crippen molar-refractivity contribution < 1.29 is 17.9 Å². The molecule has 0 amide bonds. The largest absolute Gasteiger partial charge is 0.481 e. The summed E-state index contributed by atoms with van der Waals surface area (Å²) in [6, 6.07) is 3.91. The molecule has 23 heavy (non-hydrogen) atoms. The third kappa shape index (κ3) is 3.65. The molecule has 1 N–H and O–H groups in total.